The van der Waals surface area contributed by atoms with Crippen LogP contribution < -0.4 is 14.2 Å². The number of benzene rings is 2. The van der Waals surface area contributed by atoms with Crippen molar-refractivity contribution in [3.63, 3.8) is 0 Å². The number of nitrogens with zero attached hydrogens (tertiary/aromatic N) is 1. The van der Waals surface area contributed by atoms with E-state index in [-0.39, 0.29) is 0 Å². The van der Waals surface area contributed by atoms with Crippen molar-refractivity contribution in [2.45, 2.75) is 0 Å². The first-order valence-electron chi connectivity index (χ1n) is 7.18. The van der Waals surface area contributed by atoms with Gasteiger partial charge in [-0.05, 0) is 30.3 Å². The maximum Gasteiger partial charge on any atom is 0.131 e. The van der Waals surface area contributed by atoms with Crippen LogP contribution in [0.4, 0.5) is 0 Å². The molecule has 6 heteroatoms. The lowest BCUT2D eigenvalue weighted by Crippen LogP contribution is -1.91. The van der Waals surface area contributed by atoms with E-state index in [4.69, 9.17) is 19.2 Å². The molecule has 124 valence electrons. The lowest BCUT2D eigenvalue weighted by Gasteiger charge is -2.09. The number of rotatable bonds is 5. The smallest absolute Gasteiger partial charge is 0.131 e. The van der Waals surface area contributed by atoms with Gasteiger partial charge in [0.05, 0.1) is 32.6 Å². The molecule has 0 radical (unpaired) electrons. The second kappa shape index (κ2) is 7.23. The van der Waals surface area contributed by atoms with E-state index >= 15 is 0 Å². The van der Waals surface area contributed by atoms with Gasteiger partial charge in [-0.1, -0.05) is 15.9 Å². The molecule has 2 aromatic carbocycles. The zero-order chi connectivity index (χ0) is 17.1. The van der Waals surface area contributed by atoms with Crippen molar-refractivity contribution in [2.75, 3.05) is 21.3 Å². The van der Waals surface area contributed by atoms with Crippen LogP contribution in [-0.4, -0.2) is 26.3 Å². The van der Waals surface area contributed by atoms with Gasteiger partial charge in [-0.2, -0.15) is 0 Å². The molecule has 0 aliphatic carbocycles. The molecule has 0 saturated carbocycles. The molecule has 0 fully saturated rings. The molecule has 0 atom stereocenters. The summed E-state index contributed by atoms with van der Waals surface area (Å²) in [5, 5.41) is 2.90. The van der Waals surface area contributed by atoms with Crippen LogP contribution >= 0.6 is 27.3 Å². The average Bonchev–Trinajstić information content (AvgIpc) is 3.10. The fourth-order valence-corrected chi connectivity index (χ4v) is 3.58. The maximum atomic E-state index is 5.47. The number of halogens is 1. The fourth-order valence-electron chi connectivity index (χ4n) is 2.38. The van der Waals surface area contributed by atoms with E-state index in [9.17, 15) is 0 Å². The first-order valence-corrected chi connectivity index (χ1v) is 8.85. The molecular weight excluding hydrogens is 390 g/mol. The predicted molar refractivity (Wildman–Crippen MR) is 100 cm³/mol. The van der Waals surface area contributed by atoms with Crippen LogP contribution in [0.3, 0.4) is 0 Å². The van der Waals surface area contributed by atoms with Crippen molar-refractivity contribution >= 4 is 27.3 Å². The quantitative estimate of drug-likeness (QED) is 0.579. The zero-order valence-electron chi connectivity index (χ0n) is 13.5. The van der Waals surface area contributed by atoms with E-state index in [1.807, 2.05) is 41.8 Å². The van der Waals surface area contributed by atoms with Crippen LogP contribution in [0.5, 0.6) is 17.2 Å². The molecule has 0 aliphatic rings. The monoisotopic (exact) mass is 405 g/mol. The number of thiazole rings is 1. The predicted octanol–water partition coefficient (Wildman–Crippen LogP) is 5.27. The van der Waals surface area contributed by atoms with Crippen LogP contribution in [0.2, 0.25) is 0 Å². The zero-order valence-corrected chi connectivity index (χ0v) is 15.9. The Bertz CT molecular complexity index is 863. The Morgan fingerprint density at radius 3 is 2.38 bits per heavy atom. The molecular formula is C18H16BrNO3S. The van der Waals surface area contributed by atoms with Gasteiger partial charge in [0.1, 0.15) is 22.3 Å². The first-order chi connectivity index (χ1) is 11.7. The summed E-state index contributed by atoms with van der Waals surface area (Å²) in [6.45, 7) is 0. The Morgan fingerprint density at radius 1 is 0.875 bits per heavy atom. The lowest BCUT2D eigenvalue weighted by molar-refractivity contribution is 0.395. The number of aromatic nitrogens is 1. The lowest BCUT2D eigenvalue weighted by atomic mass is 10.1. The van der Waals surface area contributed by atoms with Crippen LogP contribution in [0.25, 0.3) is 21.8 Å². The highest BCUT2D eigenvalue weighted by Gasteiger charge is 2.15. The summed E-state index contributed by atoms with van der Waals surface area (Å²) in [7, 11) is 4.94. The SMILES string of the molecule is COc1ccc(-c2csc(-c3cc(Br)ccc3OC)n2)c(OC)c1. The minimum Gasteiger partial charge on any atom is -0.497 e. The third kappa shape index (κ3) is 3.25. The minimum absolute atomic E-state index is 0.729. The molecule has 3 aromatic rings. The van der Waals surface area contributed by atoms with Gasteiger partial charge in [0, 0.05) is 21.5 Å². The molecule has 0 bridgehead atoms. The Hall–Kier alpha value is -2.05. The highest BCUT2D eigenvalue weighted by molar-refractivity contribution is 9.10. The number of ether oxygens (including phenoxy) is 3. The van der Waals surface area contributed by atoms with Gasteiger partial charge in [-0.25, -0.2) is 4.98 Å². The summed E-state index contributed by atoms with van der Waals surface area (Å²) in [6.07, 6.45) is 0. The fraction of sp³-hybridized carbons (Fsp3) is 0.167. The van der Waals surface area contributed by atoms with Gasteiger partial charge in [-0.15, -0.1) is 11.3 Å². The Kier molecular flexibility index (Phi) is 5.06. The van der Waals surface area contributed by atoms with Crippen molar-refractivity contribution < 1.29 is 14.2 Å². The van der Waals surface area contributed by atoms with E-state index < -0.39 is 0 Å². The summed E-state index contributed by atoms with van der Waals surface area (Å²) >= 11 is 5.07. The van der Waals surface area contributed by atoms with Gasteiger partial charge in [0.2, 0.25) is 0 Å². The van der Waals surface area contributed by atoms with E-state index in [0.29, 0.717) is 0 Å². The number of hydrogen-bond donors (Lipinski definition) is 0. The molecule has 1 aromatic heterocycles. The summed E-state index contributed by atoms with van der Waals surface area (Å²) in [4.78, 5) is 4.76. The normalized spacial score (nSPS) is 10.5. The molecule has 0 amide bonds. The molecule has 1 heterocycles. The van der Waals surface area contributed by atoms with Crippen LogP contribution in [-0.2, 0) is 0 Å². The minimum atomic E-state index is 0.729. The second-order valence-electron chi connectivity index (χ2n) is 4.95. The van der Waals surface area contributed by atoms with Crippen molar-refractivity contribution in [2.24, 2.45) is 0 Å². The number of hydrogen-bond acceptors (Lipinski definition) is 5. The third-order valence-corrected chi connectivity index (χ3v) is 4.95. The van der Waals surface area contributed by atoms with Crippen LogP contribution in [0.15, 0.2) is 46.3 Å². The van der Waals surface area contributed by atoms with E-state index in [1.165, 1.54) is 0 Å². The molecule has 0 aliphatic heterocycles. The summed E-state index contributed by atoms with van der Waals surface area (Å²) < 4.78 is 17.2. The van der Waals surface area contributed by atoms with Crippen LogP contribution in [0.1, 0.15) is 0 Å². The highest BCUT2D eigenvalue weighted by atomic mass is 79.9. The molecule has 24 heavy (non-hydrogen) atoms. The molecule has 3 rings (SSSR count). The van der Waals surface area contributed by atoms with E-state index in [1.54, 1.807) is 32.7 Å². The average molecular weight is 406 g/mol. The Labute approximate surface area is 153 Å². The first kappa shape index (κ1) is 16.8. The highest BCUT2D eigenvalue weighted by Crippen LogP contribution is 2.39. The summed E-state index contributed by atoms with van der Waals surface area (Å²) in [6, 6.07) is 11.6. The van der Waals surface area contributed by atoms with Crippen molar-refractivity contribution in [3.8, 4) is 39.1 Å². The van der Waals surface area contributed by atoms with Crippen molar-refractivity contribution in [3.05, 3.63) is 46.3 Å². The second-order valence-corrected chi connectivity index (χ2v) is 6.72. The molecule has 4 nitrogen and oxygen atoms in total. The topological polar surface area (TPSA) is 40.6 Å². The van der Waals surface area contributed by atoms with Crippen molar-refractivity contribution in [1.82, 2.24) is 4.98 Å². The van der Waals surface area contributed by atoms with E-state index in [2.05, 4.69) is 15.9 Å². The van der Waals surface area contributed by atoms with Crippen LogP contribution in [0, 0.1) is 0 Å². The standard InChI is InChI=1S/C18H16BrNO3S/c1-21-12-5-6-13(17(9-12)23-3)15-10-24-18(20-15)14-8-11(19)4-7-16(14)22-2/h4-10H,1-3H3. The van der Waals surface area contributed by atoms with Gasteiger partial charge < -0.3 is 14.2 Å². The third-order valence-electron chi connectivity index (χ3n) is 3.58. The van der Waals surface area contributed by atoms with Gasteiger partial charge in [-0.3, -0.25) is 0 Å². The summed E-state index contributed by atoms with van der Waals surface area (Å²) in [5.74, 6) is 2.27. The molecule has 0 spiro atoms. The van der Waals surface area contributed by atoms with E-state index in [0.717, 1.165) is 43.5 Å². The summed E-state index contributed by atoms with van der Waals surface area (Å²) in [5.41, 5.74) is 2.74. The molecule has 0 N–H and O–H groups in total. The Balaban J connectivity index is 2.04. The molecule has 0 unspecified atom stereocenters. The molecule has 0 saturated heterocycles. The van der Waals surface area contributed by atoms with Gasteiger partial charge in [0.25, 0.3) is 0 Å². The van der Waals surface area contributed by atoms with Gasteiger partial charge in [0.15, 0.2) is 0 Å². The maximum absolute atomic E-state index is 5.47. The number of methoxy groups -OCH3 is 3. The van der Waals surface area contributed by atoms with Gasteiger partial charge >= 0.3 is 0 Å². The Morgan fingerprint density at radius 2 is 1.67 bits per heavy atom. The largest absolute Gasteiger partial charge is 0.497 e. The van der Waals surface area contributed by atoms with Crippen molar-refractivity contribution in [1.29, 1.82) is 0 Å².